The van der Waals surface area contributed by atoms with E-state index in [0.717, 1.165) is 0 Å². The fraction of sp³-hybridized carbons (Fsp3) is 0. The zero-order chi connectivity index (χ0) is 18.8. The van der Waals surface area contributed by atoms with Crippen molar-refractivity contribution < 1.29 is 5.11 Å². The number of rotatable bonds is 3. The van der Waals surface area contributed by atoms with Gasteiger partial charge in [0.15, 0.2) is 0 Å². The van der Waals surface area contributed by atoms with Gasteiger partial charge in [0.1, 0.15) is 0 Å². The lowest BCUT2D eigenvalue weighted by Crippen LogP contribution is -2.20. The molecule has 0 radical (unpaired) electrons. The Morgan fingerprint density at radius 1 is 0.852 bits per heavy atom. The third-order valence-electron chi connectivity index (χ3n) is 4.29. The standard InChI is InChI=1S/C22H15ClN2O2/c23-15-10-12-16(13-11-15)24-14-20-18-8-4-5-9-19(18)21(26)25(22(20)27)17-6-2-1-3-7-17/h1-14,27H. The van der Waals surface area contributed by atoms with Gasteiger partial charge in [-0.05, 0) is 42.5 Å². The molecule has 4 nitrogen and oxygen atoms in total. The summed E-state index contributed by atoms with van der Waals surface area (Å²) in [6.07, 6.45) is 1.57. The second-order valence-electron chi connectivity index (χ2n) is 5.99. The predicted molar refractivity (Wildman–Crippen MR) is 110 cm³/mol. The lowest BCUT2D eigenvalue weighted by atomic mass is 10.1. The fourth-order valence-corrected chi connectivity index (χ4v) is 3.10. The Morgan fingerprint density at radius 2 is 1.48 bits per heavy atom. The van der Waals surface area contributed by atoms with Crippen molar-refractivity contribution in [2.24, 2.45) is 4.99 Å². The Labute approximate surface area is 160 Å². The van der Waals surface area contributed by atoms with Crippen molar-refractivity contribution in [1.82, 2.24) is 4.57 Å². The first-order chi connectivity index (χ1) is 13.1. The number of para-hydroxylation sites is 1. The minimum atomic E-state index is -0.280. The lowest BCUT2D eigenvalue weighted by Gasteiger charge is -2.13. The maximum absolute atomic E-state index is 13.0. The molecule has 1 N–H and O–H groups in total. The molecule has 0 aliphatic rings. The van der Waals surface area contributed by atoms with Gasteiger partial charge in [-0.15, -0.1) is 0 Å². The number of hydrogen-bond donors (Lipinski definition) is 1. The number of pyridine rings is 1. The van der Waals surface area contributed by atoms with Crippen molar-refractivity contribution in [2.45, 2.75) is 0 Å². The molecule has 4 rings (SSSR count). The van der Waals surface area contributed by atoms with Crippen LogP contribution < -0.4 is 5.56 Å². The van der Waals surface area contributed by atoms with E-state index in [4.69, 9.17) is 11.6 Å². The van der Waals surface area contributed by atoms with Crippen LogP contribution in [-0.2, 0) is 0 Å². The first-order valence-electron chi connectivity index (χ1n) is 8.37. The molecule has 0 saturated carbocycles. The fourth-order valence-electron chi connectivity index (χ4n) is 2.97. The van der Waals surface area contributed by atoms with Crippen LogP contribution in [0.15, 0.2) is 88.6 Å². The van der Waals surface area contributed by atoms with Crippen molar-refractivity contribution >= 4 is 34.3 Å². The summed E-state index contributed by atoms with van der Waals surface area (Å²) in [5.74, 6) is -0.150. The van der Waals surface area contributed by atoms with Crippen molar-refractivity contribution in [3.63, 3.8) is 0 Å². The summed E-state index contributed by atoms with van der Waals surface area (Å²) in [6, 6.07) is 23.3. The van der Waals surface area contributed by atoms with Crippen LogP contribution >= 0.6 is 11.6 Å². The topological polar surface area (TPSA) is 54.6 Å². The number of benzene rings is 3. The number of fused-ring (bicyclic) bond motifs is 1. The summed E-state index contributed by atoms with van der Waals surface area (Å²) in [6.45, 7) is 0. The van der Waals surface area contributed by atoms with E-state index in [0.29, 0.717) is 32.7 Å². The van der Waals surface area contributed by atoms with E-state index in [9.17, 15) is 9.90 Å². The summed E-state index contributed by atoms with van der Waals surface area (Å²) in [5, 5.41) is 12.7. The molecule has 0 saturated heterocycles. The van der Waals surface area contributed by atoms with Crippen molar-refractivity contribution in [3.8, 4) is 11.6 Å². The molecule has 0 amide bonds. The third kappa shape index (κ3) is 3.23. The minimum absolute atomic E-state index is 0.150. The maximum atomic E-state index is 13.0. The molecule has 132 valence electrons. The summed E-state index contributed by atoms with van der Waals surface area (Å²) in [5.41, 5.74) is 1.48. The number of aromatic nitrogens is 1. The quantitative estimate of drug-likeness (QED) is 0.507. The summed E-state index contributed by atoms with van der Waals surface area (Å²) < 4.78 is 1.30. The van der Waals surface area contributed by atoms with Gasteiger partial charge in [-0.25, -0.2) is 4.57 Å². The van der Waals surface area contributed by atoms with Crippen LogP contribution in [0.4, 0.5) is 5.69 Å². The first-order valence-corrected chi connectivity index (χ1v) is 8.75. The molecule has 3 aromatic carbocycles. The Bertz CT molecular complexity index is 1200. The average Bonchev–Trinajstić information content (AvgIpc) is 2.70. The van der Waals surface area contributed by atoms with E-state index in [1.807, 2.05) is 24.3 Å². The SMILES string of the molecule is O=c1c2ccccc2c(C=Nc2ccc(Cl)cc2)c(O)n1-c1ccccc1. The highest BCUT2D eigenvalue weighted by Crippen LogP contribution is 2.26. The number of aliphatic imine (C=N–C) groups is 1. The van der Waals surface area contributed by atoms with Crippen molar-refractivity contribution in [1.29, 1.82) is 0 Å². The van der Waals surface area contributed by atoms with E-state index in [1.165, 1.54) is 4.57 Å². The molecule has 0 fully saturated rings. The normalized spacial score (nSPS) is 11.3. The number of aromatic hydroxyl groups is 1. The Balaban J connectivity index is 1.96. The van der Waals surface area contributed by atoms with Gasteiger partial charge in [0, 0.05) is 22.0 Å². The van der Waals surface area contributed by atoms with Crippen LogP contribution in [0.3, 0.4) is 0 Å². The van der Waals surface area contributed by atoms with Crippen LogP contribution in [0.1, 0.15) is 5.56 Å². The van der Waals surface area contributed by atoms with Crippen LogP contribution in [-0.4, -0.2) is 15.9 Å². The second-order valence-corrected chi connectivity index (χ2v) is 6.43. The van der Waals surface area contributed by atoms with E-state index < -0.39 is 0 Å². The van der Waals surface area contributed by atoms with E-state index in [-0.39, 0.29) is 11.4 Å². The van der Waals surface area contributed by atoms with Gasteiger partial charge < -0.3 is 5.11 Å². The molecule has 4 aromatic rings. The molecule has 0 spiro atoms. The number of halogens is 1. The Hall–Kier alpha value is -3.37. The van der Waals surface area contributed by atoms with Gasteiger partial charge in [-0.2, -0.15) is 0 Å². The smallest absolute Gasteiger partial charge is 0.265 e. The average molecular weight is 375 g/mol. The van der Waals surface area contributed by atoms with Gasteiger partial charge >= 0.3 is 0 Å². The molecule has 0 atom stereocenters. The van der Waals surface area contributed by atoms with Gasteiger partial charge in [-0.3, -0.25) is 9.79 Å². The van der Waals surface area contributed by atoms with Gasteiger partial charge in [0.25, 0.3) is 5.56 Å². The molecule has 0 aliphatic heterocycles. The van der Waals surface area contributed by atoms with Gasteiger partial charge in [0.05, 0.1) is 16.9 Å². The summed E-state index contributed by atoms with van der Waals surface area (Å²) >= 11 is 5.91. The summed E-state index contributed by atoms with van der Waals surface area (Å²) in [4.78, 5) is 17.4. The Kier molecular flexibility index (Phi) is 4.48. The molecule has 27 heavy (non-hydrogen) atoms. The van der Waals surface area contributed by atoms with Crippen molar-refractivity contribution in [2.75, 3.05) is 0 Å². The second kappa shape index (κ2) is 7.09. The third-order valence-corrected chi connectivity index (χ3v) is 4.54. The first kappa shape index (κ1) is 17.1. The monoisotopic (exact) mass is 374 g/mol. The number of nitrogens with zero attached hydrogens (tertiary/aromatic N) is 2. The van der Waals surface area contributed by atoms with Gasteiger partial charge in [0.2, 0.25) is 5.88 Å². The van der Waals surface area contributed by atoms with E-state index in [1.54, 1.807) is 60.8 Å². The molecule has 5 heteroatoms. The van der Waals surface area contributed by atoms with Crippen LogP contribution in [0, 0.1) is 0 Å². The highest BCUT2D eigenvalue weighted by atomic mass is 35.5. The zero-order valence-corrected chi connectivity index (χ0v) is 15.0. The molecule has 0 bridgehead atoms. The summed E-state index contributed by atoms with van der Waals surface area (Å²) in [7, 11) is 0. The van der Waals surface area contributed by atoms with E-state index in [2.05, 4.69) is 4.99 Å². The lowest BCUT2D eigenvalue weighted by molar-refractivity contribution is 0.436. The highest BCUT2D eigenvalue weighted by molar-refractivity contribution is 6.30. The highest BCUT2D eigenvalue weighted by Gasteiger charge is 2.15. The van der Waals surface area contributed by atoms with Gasteiger partial charge in [-0.1, -0.05) is 48.0 Å². The van der Waals surface area contributed by atoms with Crippen LogP contribution in [0.2, 0.25) is 5.02 Å². The van der Waals surface area contributed by atoms with Crippen LogP contribution in [0.25, 0.3) is 16.5 Å². The van der Waals surface area contributed by atoms with Crippen molar-refractivity contribution in [3.05, 3.63) is 99.8 Å². The molecule has 1 aromatic heterocycles. The molecule has 1 heterocycles. The predicted octanol–water partition coefficient (Wildman–Crippen LogP) is 5.10. The molecular weight excluding hydrogens is 360 g/mol. The largest absolute Gasteiger partial charge is 0.494 e. The minimum Gasteiger partial charge on any atom is -0.494 e. The molecule has 0 unspecified atom stereocenters. The molecular formula is C22H15ClN2O2. The molecule has 0 aliphatic carbocycles. The van der Waals surface area contributed by atoms with E-state index >= 15 is 0 Å². The van der Waals surface area contributed by atoms with Crippen LogP contribution in [0.5, 0.6) is 5.88 Å². The maximum Gasteiger partial charge on any atom is 0.265 e. The Morgan fingerprint density at radius 3 is 2.19 bits per heavy atom. The zero-order valence-electron chi connectivity index (χ0n) is 14.2. The number of hydrogen-bond acceptors (Lipinski definition) is 3.